The number of non-ortho nitro benzene ring substituents is 1. The highest BCUT2D eigenvalue weighted by Gasteiger charge is 2.11. The van der Waals surface area contributed by atoms with Gasteiger partial charge in [-0.05, 0) is 47.9 Å². The van der Waals surface area contributed by atoms with Gasteiger partial charge in [0.2, 0.25) is 0 Å². The second kappa shape index (κ2) is 6.15. The third-order valence-corrected chi connectivity index (χ3v) is 3.76. The Bertz CT molecular complexity index is 433. The topological polar surface area (TPSA) is 58.4 Å². The molecular formula is C12H16BrN3O2. The van der Waals surface area contributed by atoms with Crippen LogP contribution in [0.15, 0.2) is 22.7 Å². The molecule has 0 saturated carbocycles. The van der Waals surface area contributed by atoms with Crippen LogP contribution in [0, 0.1) is 10.1 Å². The van der Waals surface area contributed by atoms with Crippen molar-refractivity contribution in [2.24, 2.45) is 0 Å². The molecule has 0 radical (unpaired) electrons. The second-order valence-electron chi connectivity index (χ2n) is 4.40. The maximum absolute atomic E-state index is 10.6. The molecule has 1 aliphatic rings. The molecule has 18 heavy (non-hydrogen) atoms. The summed E-state index contributed by atoms with van der Waals surface area (Å²) in [6.45, 7) is 4.24. The Morgan fingerprint density at radius 2 is 2.11 bits per heavy atom. The van der Waals surface area contributed by atoms with Crippen LogP contribution in [0.25, 0.3) is 0 Å². The lowest BCUT2D eigenvalue weighted by atomic mass is 10.3. The molecule has 0 bridgehead atoms. The summed E-state index contributed by atoms with van der Waals surface area (Å²) in [5.74, 6) is 0. The average molecular weight is 314 g/mol. The van der Waals surface area contributed by atoms with Crippen molar-refractivity contribution in [3.8, 4) is 0 Å². The summed E-state index contributed by atoms with van der Waals surface area (Å²) in [7, 11) is 0. The Hall–Kier alpha value is -1.14. The molecule has 1 aromatic carbocycles. The Morgan fingerprint density at radius 3 is 2.72 bits per heavy atom. The van der Waals surface area contributed by atoms with Crippen LogP contribution in [-0.2, 0) is 0 Å². The molecule has 1 aliphatic heterocycles. The lowest BCUT2D eigenvalue weighted by molar-refractivity contribution is -0.384. The van der Waals surface area contributed by atoms with Crippen molar-refractivity contribution in [2.45, 2.75) is 12.8 Å². The van der Waals surface area contributed by atoms with Crippen LogP contribution < -0.4 is 5.32 Å². The lowest BCUT2D eigenvalue weighted by Crippen LogP contribution is -2.26. The van der Waals surface area contributed by atoms with Crippen molar-refractivity contribution < 1.29 is 4.92 Å². The fraction of sp³-hybridized carbons (Fsp3) is 0.500. The molecule has 2 rings (SSSR count). The maximum atomic E-state index is 10.6. The highest BCUT2D eigenvalue weighted by molar-refractivity contribution is 9.10. The Labute approximate surface area is 114 Å². The van der Waals surface area contributed by atoms with Crippen molar-refractivity contribution in [1.29, 1.82) is 0 Å². The van der Waals surface area contributed by atoms with E-state index in [1.807, 2.05) is 0 Å². The number of anilines is 1. The van der Waals surface area contributed by atoms with Crippen molar-refractivity contribution in [2.75, 3.05) is 31.5 Å². The number of halogens is 1. The Balaban J connectivity index is 1.87. The molecule has 0 aromatic heterocycles. The smallest absolute Gasteiger partial charge is 0.270 e. The van der Waals surface area contributed by atoms with Crippen LogP contribution in [0.5, 0.6) is 0 Å². The van der Waals surface area contributed by atoms with Crippen LogP contribution >= 0.6 is 15.9 Å². The molecule has 1 aromatic rings. The Kier molecular flexibility index (Phi) is 4.54. The van der Waals surface area contributed by atoms with Gasteiger partial charge in [0.15, 0.2) is 0 Å². The number of benzene rings is 1. The van der Waals surface area contributed by atoms with E-state index < -0.39 is 4.92 Å². The molecule has 0 unspecified atom stereocenters. The number of nitrogens with zero attached hydrogens (tertiary/aromatic N) is 2. The van der Waals surface area contributed by atoms with E-state index in [-0.39, 0.29) is 5.69 Å². The molecule has 0 atom stereocenters. The molecule has 0 amide bonds. The highest BCUT2D eigenvalue weighted by atomic mass is 79.9. The normalized spacial score (nSPS) is 15.8. The number of hydrogen-bond acceptors (Lipinski definition) is 4. The van der Waals surface area contributed by atoms with E-state index >= 15 is 0 Å². The minimum atomic E-state index is -0.390. The van der Waals surface area contributed by atoms with E-state index in [0.717, 1.165) is 23.2 Å². The molecule has 5 nitrogen and oxygen atoms in total. The molecule has 1 saturated heterocycles. The molecule has 1 N–H and O–H groups in total. The molecule has 0 aliphatic carbocycles. The molecule has 6 heteroatoms. The zero-order chi connectivity index (χ0) is 13.0. The number of nitro benzene ring substituents is 1. The summed E-state index contributed by atoms with van der Waals surface area (Å²) in [6.07, 6.45) is 2.59. The van der Waals surface area contributed by atoms with Gasteiger partial charge in [0, 0.05) is 35.4 Å². The monoisotopic (exact) mass is 313 g/mol. The van der Waals surface area contributed by atoms with Crippen LogP contribution in [0.2, 0.25) is 0 Å². The van der Waals surface area contributed by atoms with E-state index in [4.69, 9.17) is 0 Å². The zero-order valence-corrected chi connectivity index (χ0v) is 11.6. The van der Waals surface area contributed by atoms with E-state index in [1.54, 1.807) is 6.07 Å². The van der Waals surface area contributed by atoms with Gasteiger partial charge >= 0.3 is 0 Å². The van der Waals surface area contributed by atoms with Gasteiger partial charge < -0.3 is 10.2 Å². The molecule has 1 fully saturated rings. The minimum absolute atomic E-state index is 0.104. The van der Waals surface area contributed by atoms with Crippen LogP contribution in [-0.4, -0.2) is 36.0 Å². The molecule has 0 spiro atoms. The van der Waals surface area contributed by atoms with E-state index in [1.165, 1.54) is 38.1 Å². The van der Waals surface area contributed by atoms with Gasteiger partial charge in [0.25, 0.3) is 5.69 Å². The third-order valence-electron chi connectivity index (χ3n) is 3.11. The van der Waals surface area contributed by atoms with Crippen molar-refractivity contribution in [3.05, 3.63) is 32.8 Å². The van der Waals surface area contributed by atoms with Crippen molar-refractivity contribution in [1.82, 2.24) is 4.90 Å². The first-order valence-corrected chi connectivity index (χ1v) is 6.86. The third kappa shape index (κ3) is 3.43. The predicted octanol–water partition coefficient (Wildman–Crippen LogP) is 2.87. The first-order valence-electron chi connectivity index (χ1n) is 6.07. The van der Waals surface area contributed by atoms with Crippen LogP contribution in [0.3, 0.4) is 0 Å². The van der Waals surface area contributed by atoms with Gasteiger partial charge in [-0.2, -0.15) is 0 Å². The molecular weight excluding hydrogens is 298 g/mol. The number of rotatable bonds is 5. The number of likely N-dealkylation sites (tertiary alicyclic amines) is 1. The van der Waals surface area contributed by atoms with Gasteiger partial charge in [0.1, 0.15) is 0 Å². The van der Waals surface area contributed by atoms with Crippen LogP contribution in [0.4, 0.5) is 11.4 Å². The van der Waals surface area contributed by atoms with E-state index in [2.05, 4.69) is 26.1 Å². The van der Waals surface area contributed by atoms with E-state index in [9.17, 15) is 10.1 Å². The van der Waals surface area contributed by atoms with Gasteiger partial charge in [-0.1, -0.05) is 0 Å². The summed E-state index contributed by atoms with van der Waals surface area (Å²) in [5, 5.41) is 13.9. The first kappa shape index (κ1) is 13.3. The summed E-state index contributed by atoms with van der Waals surface area (Å²) >= 11 is 3.35. The summed E-state index contributed by atoms with van der Waals surface area (Å²) in [6, 6.07) is 4.79. The quantitative estimate of drug-likeness (QED) is 0.671. The number of nitrogens with one attached hydrogen (secondary N) is 1. The zero-order valence-electron chi connectivity index (χ0n) is 10.1. The summed E-state index contributed by atoms with van der Waals surface area (Å²) < 4.78 is 0.734. The van der Waals surface area contributed by atoms with Crippen LogP contribution in [0.1, 0.15) is 12.8 Å². The maximum Gasteiger partial charge on any atom is 0.270 e. The summed E-state index contributed by atoms with van der Waals surface area (Å²) in [5.41, 5.74) is 1.01. The van der Waals surface area contributed by atoms with Gasteiger partial charge in [-0.3, -0.25) is 10.1 Å². The van der Waals surface area contributed by atoms with Gasteiger partial charge in [0.05, 0.1) is 4.92 Å². The second-order valence-corrected chi connectivity index (χ2v) is 5.25. The van der Waals surface area contributed by atoms with E-state index in [0.29, 0.717) is 0 Å². The van der Waals surface area contributed by atoms with Crippen molar-refractivity contribution >= 4 is 27.3 Å². The van der Waals surface area contributed by atoms with Gasteiger partial charge in [-0.25, -0.2) is 0 Å². The fourth-order valence-corrected chi connectivity index (χ4v) is 2.62. The predicted molar refractivity (Wildman–Crippen MR) is 75.0 cm³/mol. The fourth-order valence-electron chi connectivity index (χ4n) is 2.12. The number of hydrogen-bond donors (Lipinski definition) is 1. The standard InChI is InChI=1S/C12H16BrN3O2/c13-11-9-10(16(17)18)3-4-12(11)14-5-8-15-6-1-2-7-15/h3-4,9,14H,1-2,5-8H2. The molecule has 98 valence electrons. The Morgan fingerprint density at radius 1 is 1.39 bits per heavy atom. The first-order chi connectivity index (χ1) is 8.66. The molecule has 1 heterocycles. The highest BCUT2D eigenvalue weighted by Crippen LogP contribution is 2.26. The minimum Gasteiger partial charge on any atom is -0.383 e. The number of nitro groups is 1. The average Bonchev–Trinajstić information content (AvgIpc) is 2.84. The lowest BCUT2D eigenvalue weighted by Gasteiger charge is -2.15. The van der Waals surface area contributed by atoms with Crippen molar-refractivity contribution in [3.63, 3.8) is 0 Å². The summed E-state index contributed by atoms with van der Waals surface area (Å²) in [4.78, 5) is 12.6. The largest absolute Gasteiger partial charge is 0.383 e. The van der Waals surface area contributed by atoms with Gasteiger partial charge in [-0.15, -0.1) is 0 Å². The SMILES string of the molecule is O=[N+]([O-])c1ccc(NCCN2CCCC2)c(Br)c1.